The zero-order valence-corrected chi connectivity index (χ0v) is 10.4. The van der Waals surface area contributed by atoms with Crippen LogP contribution in [0.15, 0.2) is 47.3 Å². The van der Waals surface area contributed by atoms with Crippen molar-refractivity contribution in [2.75, 3.05) is 11.9 Å². The highest BCUT2D eigenvalue weighted by Gasteiger charge is 2.11. The number of carbonyl (C=O) groups is 2. The van der Waals surface area contributed by atoms with Crippen LogP contribution in [-0.4, -0.2) is 18.5 Å². The van der Waals surface area contributed by atoms with E-state index in [2.05, 4.69) is 5.32 Å². The first-order chi connectivity index (χ1) is 9.15. The Morgan fingerprint density at radius 1 is 1.21 bits per heavy atom. The van der Waals surface area contributed by atoms with Crippen LogP contribution in [0.4, 0.5) is 5.69 Å². The molecule has 0 spiro atoms. The number of amides is 1. The standard InChI is InChI=1S/C14H13NO4/c1-10-2-4-12(5-3-10)15-13(16)9-19-14(17)11-6-7-18-8-11/h2-8H,9H2,1H3,(H,15,16). The highest BCUT2D eigenvalue weighted by Crippen LogP contribution is 2.08. The van der Waals surface area contributed by atoms with Gasteiger partial charge in [0, 0.05) is 5.69 Å². The number of esters is 1. The Morgan fingerprint density at radius 2 is 1.95 bits per heavy atom. The van der Waals surface area contributed by atoms with Crippen molar-refractivity contribution in [1.29, 1.82) is 0 Å². The first-order valence-corrected chi connectivity index (χ1v) is 5.71. The molecule has 0 saturated heterocycles. The summed E-state index contributed by atoms with van der Waals surface area (Å²) in [7, 11) is 0. The molecule has 19 heavy (non-hydrogen) atoms. The summed E-state index contributed by atoms with van der Waals surface area (Å²) in [5.74, 6) is -0.978. The van der Waals surface area contributed by atoms with Crippen LogP contribution in [0.3, 0.4) is 0 Å². The smallest absolute Gasteiger partial charge is 0.341 e. The molecule has 0 saturated carbocycles. The second-order valence-corrected chi connectivity index (χ2v) is 4.00. The average Bonchev–Trinajstić information content (AvgIpc) is 2.93. The number of nitrogens with one attached hydrogen (secondary N) is 1. The molecular formula is C14H13NO4. The molecule has 0 bridgehead atoms. The summed E-state index contributed by atoms with van der Waals surface area (Å²) in [4.78, 5) is 23.0. The van der Waals surface area contributed by atoms with E-state index in [4.69, 9.17) is 9.15 Å². The van der Waals surface area contributed by atoms with Crippen LogP contribution in [-0.2, 0) is 9.53 Å². The highest BCUT2D eigenvalue weighted by atomic mass is 16.5. The van der Waals surface area contributed by atoms with Crippen molar-refractivity contribution in [3.05, 3.63) is 54.0 Å². The van der Waals surface area contributed by atoms with Gasteiger partial charge in [0.25, 0.3) is 5.91 Å². The van der Waals surface area contributed by atoms with Crippen LogP contribution in [0.2, 0.25) is 0 Å². The summed E-state index contributed by atoms with van der Waals surface area (Å²) < 4.78 is 9.58. The lowest BCUT2D eigenvalue weighted by Crippen LogP contribution is -2.20. The van der Waals surface area contributed by atoms with Gasteiger partial charge in [-0.2, -0.15) is 0 Å². The van der Waals surface area contributed by atoms with Gasteiger partial charge in [-0.05, 0) is 25.1 Å². The number of hydrogen-bond acceptors (Lipinski definition) is 4. The maximum Gasteiger partial charge on any atom is 0.341 e. The van der Waals surface area contributed by atoms with Crippen LogP contribution in [0.1, 0.15) is 15.9 Å². The van der Waals surface area contributed by atoms with Crippen LogP contribution in [0.5, 0.6) is 0 Å². The summed E-state index contributed by atoms with van der Waals surface area (Å²) in [5.41, 5.74) is 2.04. The number of carbonyl (C=O) groups excluding carboxylic acids is 2. The van der Waals surface area contributed by atoms with Gasteiger partial charge in [0.15, 0.2) is 6.61 Å². The predicted octanol–water partition coefficient (Wildman–Crippen LogP) is 2.38. The van der Waals surface area contributed by atoms with Gasteiger partial charge in [-0.3, -0.25) is 4.79 Å². The SMILES string of the molecule is Cc1ccc(NC(=O)COC(=O)c2ccoc2)cc1. The molecule has 0 aliphatic carbocycles. The number of aryl methyl sites for hydroxylation is 1. The van der Waals surface area contributed by atoms with E-state index in [-0.39, 0.29) is 18.1 Å². The minimum atomic E-state index is -0.590. The zero-order chi connectivity index (χ0) is 13.7. The number of anilines is 1. The molecule has 1 aromatic heterocycles. The van der Waals surface area contributed by atoms with Crippen molar-refractivity contribution in [3.63, 3.8) is 0 Å². The summed E-state index contributed by atoms with van der Waals surface area (Å²) in [5, 5.41) is 2.63. The van der Waals surface area contributed by atoms with Crippen molar-refractivity contribution in [3.8, 4) is 0 Å². The molecule has 2 aromatic rings. The summed E-state index contributed by atoms with van der Waals surface area (Å²) >= 11 is 0. The second kappa shape index (κ2) is 5.86. The quantitative estimate of drug-likeness (QED) is 0.856. The maximum absolute atomic E-state index is 11.6. The predicted molar refractivity (Wildman–Crippen MR) is 68.8 cm³/mol. The molecule has 5 nitrogen and oxygen atoms in total. The molecule has 0 atom stereocenters. The number of furan rings is 1. The summed E-state index contributed by atoms with van der Waals surface area (Å²) in [6.45, 7) is 1.62. The van der Waals surface area contributed by atoms with E-state index in [1.165, 1.54) is 18.6 Å². The molecule has 0 aliphatic heterocycles. The Morgan fingerprint density at radius 3 is 2.58 bits per heavy atom. The van der Waals surface area contributed by atoms with Crippen LogP contribution in [0, 0.1) is 6.92 Å². The van der Waals surface area contributed by atoms with E-state index in [0.29, 0.717) is 5.69 Å². The lowest BCUT2D eigenvalue weighted by atomic mass is 10.2. The van der Waals surface area contributed by atoms with Gasteiger partial charge in [0.1, 0.15) is 6.26 Å². The molecule has 5 heteroatoms. The Labute approximate surface area is 110 Å². The molecule has 2 rings (SSSR count). The van der Waals surface area contributed by atoms with E-state index >= 15 is 0 Å². The molecule has 1 N–H and O–H groups in total. The number of rotatable bonds is 4. The van der Waals surface area contributed by atoms with Crippen molar-refractivity contribution in [2.24, 2.45) is 0 Å². The van der Waals surface area contributed by atoms with Crippen LogP contribution >= 0.6 is 0 Å². The molecule has 98 valence electrons. The van der Waals surface area contributed by atoms with Gasteiger partial charge < -0.3 is 14.5 Å². The van der Waals surface area contributed by atoms with Gasteiger partial charge in [-0.15, -0.1) is 0 Å². The van der Waals surface area contributed by atoms with Crippen molar-refractivity contribution in [2.45, 2.75) is 6.92 Å². The molecular weight excluding hydrogens is 246 g/mol. The molecule has 0 aliphatic rings. The third-order valence-corrected chi connectivity index (χ3v) is 2.43. The topological polar surface area (TPSA) is 68.5 Å². The van der Waals surface area contributed by atoms with E-state index in [9.17, 15) is 9.59 Å². The van der Waals surface area contributed by atoms with Gasteiger partial charge >= 0.3 is 5.97 Å². The second-order valence-electron chi connectivity index (χ2n) is 4.00. The minimum Gasteiger partial charge on any atom is -0.472 e. The fourth-order valence-corrected chi connectivity index (χ4v) is 1.43. The van der Waals surface area contributed by atoms with Crippen molar-refractivity contribution in [1.82, 2.24) is 0 Å². The van der Waals surface area contributed by atoms with Gasteiger partial charge in [-0.1, -0.05) is 17.7 Å². The third-order valence-electron chi connectivity index (χ3n) is 2.43. The first kappa shape index (κ1) is 12.9. The molecule has 1 amide bonds. The normalized spacial score (nSPS) is 9.95. The van der Waals surface area contributed by atoms with Crippen molar-refractivity contribution < 1.29 is 18.7 Å². The van der Waals surface area contributed by atoms with Crippen molar-refractivity contribution >= 4 is 17.6 Å². The molecule has 1 heterocycles. The number of benzene rings is 1. The van der Waals surface area contributed by atoms with Gasteiger partial charge in [0.2, 0.25) is 0 Å². The van der Waals surface area contributed by atoms with Gasteiger partial charge in [-0.25, -0.2) is 4.79 Å². The monoisotopic (exact) mass is 259 g/mol. The highest BCUT2D eigenvalue weighted by molar-refractivity contribution is 5.95. The first-order valence-electron chi connectivity index (χ1n) is 5.71. The number of hydrogen-bond donors (Lipinski definition) is 1. The zero-order valence-electron chi connectivity index (χ0n) is 10.4. The fourth-order valence-electron chi connectivity index (χ4n) is 1.43. The molecule has 1 aromatic carbocycles. The fraction of sp³-hybridized carbons (Fsp3) is 0.143. The van der Waals surface area contributed by atoms with E-state index in [1.807, 2.05) is 19.1 Å². The van der Waals surface area contributed by atoms with Gasteiger partial charge in [0.05, 0.1) is 11.8 Å². The summed E-state index contributed by atoms with van der Waals surface area (Å²) in [6.07, 6.45) is 2.63. The maximum atomic E-state index is 11.6. The Kier molecular flexibility index (Phi) is 3.97. The third kappa shape index (κ3) is 3.70. The lowest BCUT2D eigenvalue weighted by Gasteiger charge is -2.06. The molecule has 0 unspecified atom stereocenters. The van der Waals surface area contributed by atoms with Crippen LogP contribution < -0.4 is 5.32 Å². The molecule has 0 fully saturated rings. The van der Waals surface area contributed by atoms with Crippen LogP contribution in [0.25, 0.3) is 0 Å². The van der Waals surface area contributed by atoms with E-state index in [1.54, 1.807) is 12.1 Å². The minimum absolute atomic E-state index is 0.281. The molecule has 0 radical (unpaired) electrons. The largest absolute Gasteiger partial charge is 0.472 e. The van der Waals surface area contributed by atoms with E-state index in [0.717, 1.165) is 5.56 Å². The average molecular weight is 259 g/mol. The van der Waals surface area contributed by atoms with E-state index < -0.39 is 5.97 Å². The number of ether oxygens (including phenoxy) is 1. The lowest BCUT2D eigenvalue weighted by molar-refractivity contribution is -0.119. The Hall–Kier alpha value is -2.56. The summed E-state index contributed by atoms with van der Waals surface area (Å²) in [6, 6.07) is 8.80. The Bertz CT molecular complexity index is 558. The Balaban J connectivity index is 1.82.